The van der Waals surface area contributed by atoms with Crippen molar-refractivity contribution in [3.05, 3.63) is 66.2 Å². The van der Waals surface area contributed by atoms with Gasteiger partial charge in [-0.2, -0.15) is 5.10 Å². The minimum Gasteiger partial charge on any atom is -0.489 e. The zero-order chi connectivity index (χ0) is 28.7. The van der Waals surface area contributed by atoms with E-state index in [1.54, 1.807) is 56.2 Å². The quantitative estimate of drug-likeness (QED) is 0.313. The van der Waals surface area contributed by atoms with Crippen molar-refractivity contribution in [3.8, 4) is 22.8 Å². The van der Waals surface area contributed by atoms with Gasteiger partial charge in [0.25, 0.3) is 5.91 Å². The number of aromatic nitrogens is 4. The fourth-order valence-electron chi connectivity index (χ4n) is 5.59. The summed E-state index contributed by atoms with van der Waals surface area (Å²) in [7, 11) is 1.56. The van der Waals surface area contributed by atoms with Crippen LogP contribution in [0.15, 0.2) is 60.1 Å². The number of anilines is 1. The van der Waals surface area contributed by atoms with Gasteiger partial charge >= 0.3 is 0 Å². The summed E-state index contributed by atoms with van der Waals surface area (Å²) < 4.78 is 12.8. The number of methoxy groups -OCH3 is 1. The summed E-state index contributed by atoms with van der Waals surface area (Å²) in [6.45, 7) is 9.07. The van der Waals surface area contributed by atoms with Crippen LogP contribution >= 0.6 is 0 Å². The summed E-state index contributed by atoms with van der Waals surface area (Å²) in [5.41, 5.74) is 3.26. The number of hydrogen-bond acceptors (Lipinski definition) is 9. The Morgan fingerprint density at radius 2 is 1.95 bits per heavy atom. The highest BCUT2D eigenvalue weighted by molar-refractivity contribution is 5.95. The van der Waals surface area contributed by atoms with E-state index in [9.17, 15) is 9.90 Å². The van der Waals surface area contributed by atoms with Crippen molar-refractivity contribution in [3.63, 3.8) is 0 Å². The van der Waals surface area contributed by atoms with E-state index in [1.165, 1.54) is 0 Å². The first kappa shape index (κ1) is 26.7. The number of hydrogen-bond donors (Lipinski definition) is 1. The molecule has 0 radical (unpaired) electrons. The number of aliphatic imine (C=N–C) groups is 1. The summed E-state index contributed by atoms with van der Waals surface area (Å²) in [6, 6.07) is 9.75. The standard InChI is InChI=1S/C30H33N7O4/c1-30(2,39)18-41-24-10-25(28-21(11-31-3)14-34-36(28)17-24)19-5-7-26(32-12-19)35-15-22-9-23(16-35)37(22)29(38)20-6-8-27(40-4)33-13-20/h5-8,10,12-14,17,22-23,39H,3,9,11,15-16,18H2,1-2,4H3. The van der Waals surface area contributed by atoms with Crippen LogP contribution in [0.4, 0.5) is 5.82 Å². The predicted molar refractivity (Wildman–Crippen MR) is 155 cm³/mol. The number of ether oxygens (including phenoxy) is 2. The third-order valence-electron chi connectivity index (χ3n) is 7.54. The fraction of sp³-hybridized carbons (Fsp3) is 0.367. The molecule has 0 aliphatic carbocycles. The molecule has 0 spiro atoms. The van der Waals surface area contributed by atoms with E-state index in [-0.39, 0.29) is 24.6 Å². The lowest BCUT2D eigenvalue weighted by Crippen LogP contribution is -2.70. The third kappa shape index (κ3) is 5.20. The molecule has 4 aromatic rings. The molecule has 2 bridgehead atoms. The molecule has 0 saturated carbocycles. The number of piperazine rings is 1. The third-order valence-corrected chi connectivity index (χ3v) is 7.54. The van der Waals surface area contributed by atoms with E-state index in [0.29, 0.717) is 23.7 Å². The van der Waals surface area contributed by atoms with Crippen LogP contribution in [0, 0.1) is 0 Å². The average Bonchev–Trinajstić information content (AvgIpc) is 3.38. The van der Waals surface area contributed by atoms with E-state index >= 15 is 0 Å². The summed E-state index contributed by atoms with van der Waals surface area (Å²) in [5, 5.41) is 14.6. The van der Waals surface area contributed by atoms with Gasteiger partial charge in [0.15, 0.2) is 0 Å². The van der Waals surface area contributed by atoms with Crippen LogP contribution in [0.5, 0.6) is 11.6 Å². The number of fused-ring (bicyclic) bond motifs is 3. The second-order valence-electron chi connectivity index (χ2n) is 11.2. The maximum Gasteiger partial charge on any atom is 0.256 e. The van der Waals surface area contributed by atoms with Crippen LogP contribution in [-0.2, 0) is 6.54 Å². The largest absolute Gasteiger partial charge is 0.489 e. The second kappa shape index (κ2) is 10.5. The molecular weight excluding hydrogens is 522 g/mol. The predicted octanol–water partition coefficient (Wildman–Crippen LogP) is 3.25. The Labute approximate surface area is 238 Å². The first-order chi connectivity index (χ1) is 19.7. The maximum atomic E-state index is 13.1. The van der Waals surface area contributed by atoms with Crippen molar-refractivity contribution in [1.82, 2.24) is 24.5 Å². The number of pyridine rings is 3. The maximum absolute atomic E-state index is 13.1. The summed E-state index contributed by atoms with van der Waals surface area (Å²) >= 11 is 0. The molecule has 7 heterocycles. The van der Waals surface area contributed by atoms with E-state index in [2.05, 4.69) is 26.7 Å². The lowest BCUT2D eigenvalue weighted by atomic mass is 9.86. The van der Waals surface area contributed by atoms with Gasteiger partial charge in [0.2, 0.25) is 5.88 Å². The van der Waals surface area contributed by atoms with Gasteiger partial charge in [0, 0.05) is 48.2 Å². The van der Waals surface area contributed by atoms with E-state index in [4.69, 9.17) is 14.5 Å². The lowest BCUT2D eigenvalue weighted by molar-refractivity contribution is 0.00572. The topological polar surface area (TPSA) is 118 Å². The van der Waals surface area contributed by atoms with Gasteiger partial charge in [-0.15, -0.1) is 0 Å². The molecule has 212 valence electrons. The smallest absolute Gasteiger partial charge is 0.256 e. The molecule has 41 heavy (non-hydrogen) atoms. The van der Waals surface area contributed by atoms with Crippen LogP contribution in [-0.4, -0.2) is 86.7 Å². The van der Waals surface area contributed by atoms with Crippen LogP contribution in [0.1, 0.15) is 36.2 Å². The number of nitrogens with zero attached hydrogens (tertiary/aromatic N) is 7. The number of piperidine rings is 1. The highest BCUT2D eigenvalue weighted by Gasteiger charge is 2.47. The monoisotopic (exact) mass is 555 g/mol. The van der Waals surface area contributed by atoms with Gasteiger partial charge in [-0.3, -0.25) is 9.79 Å². The van der Waals surface area contributed by atoms with Crippen molar-refractivity contribution < 1.29 is 19.4 Å². The lowest BCUT2D eigenvalue weighted by Gasteiger charge is -2.56. The first-order valence-corrected chi connectivity index (χ1v) is 13.6. The number of rotatable bonds is 9. The van der Waals surface area contributed by atoms with E-state index < -0.39 is 5.60 Å². The SMILES string of the molecule is C=NCc1cnn2cc(OCC(C)(C)O)cc(-c3ccc(N4CC5CC(C4)N5C(=O)c4ccc(OC)nc4)nc3)c12. The Balaban J connectivity index is 1.21. The molecule has 1 N–H and O–H groups in total. The minimum absolute atomic E-state index is 0.00527. The molecule has 2 atom stereocenters. The molecule has 0 aromatic carbocycles. The van der Waals surface area contributed by atoms with Gasteiger partial charge in [0.05, 0.1) is 54.8 Å². The molecule has 4 aromatic heterocycles. The summed E-state index contributed by atoms with van der Waals surface area (Å²) in [6.07, 6.45) is 8.00. The molecular formula is C30H33N7O4. The highest BCUT2D eigenvalue weighted by Crippen LogP contribution is 2.37. The van der Waals surface area contributed by atoms with Gasteiger partial charge in [-0.1, -0.05) is 0 Å². The van der Waals surface area contributed by atoms with Crippen molar-refractivity contribution in [2.45, 2.75) is 44.5 Å². The second-order valence-corrected chi connectivity index (χ2v) is 11.2. The van der Waals surface area contributed by atoms with Gasteiger partial charge < -0.3 is 24.4 Å². The molecule has 1 amide bonds. The molecule has 7 rings (SSSR count). The van der Waals surface area contributed by atoms with Gasteiger partial charge in [-0.05, 0) is 51.3 Å². The van der Waals surface area contributed by atoms with Gasteiger partial charge in [-0.25, -0.2) is 14.5 Å². The van der Waals surface area contributed by atoms with E-state index in [0.717, 1.165) is 47.5 Å². The van der Waals surface area contributed by atoms with Crippen molar-refractivity contribution in [2.24, 2.45) is 4.99 Å². The van der Waals surface area contributed by atoms with Crippen molar-refractivity contribution in [2.75, 3.05) is 31.7 Å². The number of carbonyl (C=O) groups is 1. The number of amides is 1. The zero-order valence-electron chi connectivity index (χ0n) is 23.4. The number of carbonyl (C=O) groups excluding carboxylic acids is 1. The number of aliphatic hydroxyl groups is 1. The Morgan fingerprint density at radius 1 is 1.15 bits per heavy atom. The molecule has 3 saturated heterocycles. The Kier molecular flexibility index (Phi) is 6.82. The van der Waals surface area contributed by atoms with Crippen molar-refractivity contribution in [1.29, 1.82) is 0 Å². The fourth-order valence-corrected chi connectivity index (χ4v) is 5.59. The Morgan fingerprint density at radius 3 is 2.59 bits per heavy atom. The van der Waals surface area contributed by atoms with Gasteiger partial charge in [0.1, 0.15) is 18.2 Å². The molecule has 3 fully saturated rings. The molecule has 11 heteroatoms. The Hall–Kier alpha value is -4.51. The van der Waals surface area contributed by atoms with Crippen LogP contribution < -0.4 is 14.4 Å². The zero-order valence-corrected chi connectivity index (χ0v) is 23.4. The van der Waals surface area contributed by atoms with Crippen molar-refractivity contribution >= 4 is 24.0 Å². The molecule has 3 aliphatic rings. The summed E-state index contributed by atoms with van der Waals surface area (Å²) in [5.74, 6) is 1.95. The van der Waals surface area contributed by atoms with Crippen LogP contribution in [0.2, 0.25) is 0 Å². The Bertz CT molecular complexity index is 1570. The normalized spacial score (nSPS) is 18.2. The average molecular weight is 556 g/mol. The van der Waals surface area contributed by atoms with Crippen LogP contribution in [0.3, 0.4) is 0 Å². The first-order valence-electron chi connectivity index (χ1n) is 13.6. The summed E-state index contributed by atoms with van der Waals surface area (Å²) in [4.78, 5) is 30.4. The molecule has 11 nitrogen and oxygen atoms in total. The van der Waals surface area contributed by atoms with Crippen LogP contribution in [0.25, 0.3) is 16.6 Å². The molecule has 3 aliphatic heterocycles. The van der Waals surface area contributed by atoms with E-state index in [1.807, 2.05) is 29.3 Å². The minimum atomic E-state index is -0.971. The molecule has 2 unspecified atom stereocenters. The highest BCUT2D eigenvalue weighted by atomic mass is 16.5.